The van der Waals surface area contributed by atoms with Gasteiger partial charge in [0.2, 0.25) is 0 Å². The summed E-state index contributed by atoms with van der Waals surface area (Å²) in [6.45, 7) is 0.339. The maximum Gasteiger partial charge on any atom is 0.411 e. The quantitative estimate of drug-likeness (QED) is 0.412. The minimum atomic E-state index is -1.16. The zero-order chi connectivity index (χ0) is 25.5. The number of nitrogens with zero attached hydrogens (tertiary/aromatic N) is 1. The van der Waals surface area contributed by atoms with Crippen molar-refractivity contribution in [3.05, 3.63) is 95.6 Å². The Morgan fingerprint density at radius 3 is 2.08 bits per heavy atom. The molecule has 0 spiro atoms. The van der Waals surface area contributed by atoms with Crippen molar-refractivity contribution < 1.29 is 29.0 Å². The minimum absolute atomic E-state index is 0.115. The molecule has 0 bridgehead atoms. The molecule has 186 valence electrons. The zero-order valence-corrected chi connectivity index (χ0v) is 19.9. The van der Waals surface area contributed by atoms with Gasteiger partial charge in [-0.05, 0) is 40.7 Å². The predicted molar refractivity (Wildman–Crippen MR) is 133 cm³/mol. The number of rotatable bonds is 9. The van der Waals surface area contributed by atoms with Gasteiger partial charge in [-0.3, -0.25) is 4.90 Å². The third-order valence-corrected chi connectivity index (χ3v) is 6.22. The molecule has 1 atom stereocenters. The highest BCUT2D eigenvalue weighted by atomic mass is 16.5. The molecule has 0 aliphatic heterocycles. The number of nitrogens with one attached hydrogen (secondary N) is 1. The van der Waals surface area contributed by atoms with E-state index in [1.54, 1.807) is 0 Å². The molecule has 36 heavy (non-hydrogen) atoms. The van der Waals surface area contributed by atoms with Crippen molar-refractivity contribution in [1.29, 1.82) is 0 Å². The predicted octanol–water partition coefficient (Wildman–Crippen LogP) is 4.98. The molecule has 8 heteroatoms. The Kier molecular flexibility index (Phi) is 7.85. The molecule has 0 unspecified atom stereocenters. The van der Waals surface area contributed by atoms with Crippen LogP contribution in [0.15, 0.2) is 78.9 Å². The third kappa shape index (κ3) is 5.33. The van der Waals surface area contributed by atoms with Crippen LogP contribution in [0.1, 0.15) is 35.6 Å². The van der Waals surface area contributed by atoms with Gasteiger partial charge in [0.15, 0.2) is 0 Å². The molecule has 1 aliphatic carbocycles. The van der Waals surface area contributed by atoms with Gasteiger partial charge < -0.3 is 19.9 Å². The second kappa shape index (κ2) is 11.4. The SMILES string of the molecule is COC(=O)N(C1c2ccccc2-c2ccccc21)[C@@H](CCCNC(=O)OCc1ccccc1)C(=O)O. The molecule has 4 rings (SSSR count). The zero-order valence-electron chi connectivity index (χ0n) is 19.9. The molecule has 0 saturated heterocycles. The fourth-order valence-corrected chi connectivity index (χ4v) is 4.59. The largest absolute Gasteiger partial charge is 0.480 e. The molecule has 3 aromatic carbocycles. The van der Waals surface area contributed by atoms with Crippen LogP contribution < -0.4 is 5.32 Å². The van der Waals surface area contributed by atoms with E-state index in [1.807, 2.05) is 78.9 Å². The van der Waals surface area contributed by atoms with Gasteiger partial charge in [-0.1, -0.05) is 78.9 Å². The van der Waals surface area contributed by atoms with Gasteiger partial charge in [0.05, 0.1) is 13.2 Å². The molecule has 0 saturated carbocycles. The van der Waals surface area contributed by atoms with Gasteiger partial charge in [-0.25, -0.2) is 14.4 Å². The number of carboxylic acids is 1. The van der Waals surface area contributed by atoms with E-state index in [0.29, 0.717) is 6.42 Å². The number of alkyl carbamates (subject to hydrolysis) is 1. The summed E-state index contributed by atoms with van der Waals surface area (Å²) in [6, 6.07) is 22.8. The Labute approximate surface area is 209 Å². The summed E-state index contributed by atoms with van der Waals surface area (Å²) in [5, 5.41) is 12.7. The van der Waals surface area contributed by atoms with Crippen molar-refractivity contribution in [3.8, 4) is 11.1 Å². The van der Waals surface area contributed by atoms with Gasteiger partial charge >= 0.3 is 18.2 Å². The first-order chi connectivity index (χ1) is 17.5. The minimum Gasteiger partial charge on any atom is -0.480 e. The monoisotopic (exact) mass is 488 g/mol. The highest BCUT2D eigenvalue weighted by Gasteiger charge is 2.41. The molecular weight excluding hydrogens is 460 g/mol. The number of ether oxygens (including phenoxy) is 2. The van der Waals surface area contributed by atoms with E-state index in [0.717, 1.165) is 27.8 Å². The fourth-order valence-electron chi connectivity index (χ4n) is 4.59. The summed E-state index contributed by atoms with van der Waals surface area (Å²) >= 11 is 0. The Hall–Kier alpha value is -4.33. The lowest BCUT2D eigenvalue weighted by molar-refractivity contribution is -0.143. The number of carbonyl (C=O) groups excluding carboxylic acids is 2. The standard InChI is InChI=1S/C28H28N2O6/c1-35-28(34)30(25-22-14-7-5-12-20(22)21-13-6-8-15-23(21)25)24(26(31)32)16-9-17-29-27(33)36-18-19-10-3-2-4-11-19/h2-8,10-15,24-25H,9,16-18H2,1H3,(H,29,33)(H,31,32)/t24-/m0/s1. The van der Waals surface area contributed by atoms with Crippen molar-refractivity contribution in [2.24, 2.45) is 0 Å². The summed E-state index contributed by atoms with van der Waals surface area (Å²) < 4.78 is 10.2. The van der Waals surface area contributed by atoms with Gasteiger partial charge in [-0.2, -0.15) is 0 Å². The molecule has 0 radical (unpaired) electrons. The molecule has 1 aliphatic rings. The Balaban J connectivity index is 1.46. The molecule has 8 nitrogen and oxygen atoms in total. The Morgan fingerprint density at radius 1 is 0.917 bits per heavy atom. The first-order valence-electron chi connectivity index (χ1n) is 11.7. The number of carbonyl (C=O) groups is 3. The van der Waals surface area contributed by atoms with Crippen molar-refractivity contribution in [1.82, 2.24) is 10.2 Å². The first-order valence-corrected chi connectivity index (χ1v) is 11.7. The second-order valence-electron chi connectivity index (χ2n) is 8.44. The number of benzene rings is 3. The van der Waals surface area contributed by atoms with Crippen molar-refractivity contribution in [3.63, 3.8) is 0 Å². The van der Waals surface area contributed by atoms with Crippen molar-refractivity contribution in [2.45, 2.75) is 31.5 Å². The van der Waals surface area contributed by atoms with E-state index in [-0.39, 0.29) is 19.6 Å². The molecule has 0 aromatic heterocycles. The molecular formula is C28H28N2O6. The van der Waals surface area contributed by atoms with Crippen molar-refractivity contribution in [2.75, 3.05) is 13.7 Å². The average Bonchev–Trinajstić information content (AvgIpc) is 3.23. The summed E-state index contributed by atoms with van der Waals surface area (Å²) in [5.41, 5.74) is 4.47. The maximum atomic E-state index is 13.0. The van der Waals surface area contributed by atoms with Gasteiger partial charge in [0, 0.05) is 6.54 Å². The van der Waals surface area contributed by atoms with Crippen LogP contribution in [0.4, 0.5) is 9.59 Å². The van der Waals surface area contributed by atoms with E-state index < -0.39 is 30.2 Å². The number of hydrogen-bond acceptors (Lipinski definition) is 5. The summed E-state index contributed by atoms with van der Waals surface area (Å²) in [4.78, 5) is 38.7. The fraction of sp³-hybridized carbons (Fsp3) is 0.250. The van der Waals surface area contributed by atoms with Crippen LogP contribution in [0.2, 0.25) is 0 Å². The van der Waals surface area contributed by atoms with Crippen molar-refractivity contribution >= 4 is 18.2 Å². The highest BCUT2D eigenvalue weighted by molar-refractivity contribution is 5.85. The van der Waals surface area contributed by atoms with Crippen LogP contribution in [-0.2, 0) is 20.9 Å². The lowest BCUT2D eigenvalue weighted by Gasteiger charge is -2.34. The average molecular weight is 489 g/mol. The summed E-state index contributed by atoms with van der Waals surface area (Å²) in [5.74, 6) is -1.14. The molecule has 2 N–H and O–H groups in total. The van der Waals surface area contributed by atoms with E-state index in [2.05, 4.69) is 5.32 Å². The third-order valence-electron chi connectivity index (χ3n) is 6.22. The normalized spacial score (nSPS) is 12.7. The van der Waals surface area contributed by atoms with Gasteiger partial charge in [0.25, 0.3) is 0 Å². The number of aliphatic carboxylic acids is 1. The lowest BCUT2D eigenvalue weighted by Crippen LogP contribution is -2.47. The topological polar surface area (TPSA) is 105 Å². The van der Waals surface area contributed by atoms with Crippen LogP contribution in [0.3, 0.4) is 0 Å². The number of amides is 2. The maximum absolute atomic E-state index is 13.0. The van der Waals surface area contributed by atoms with Crippen LogP contribution in [-0.4, -0.2) is 47.9 Å². The van der Waals surface area contributed by atoms with E-state index >= 15 is 0 Å². The molecule has 2 amide bonds. The highest BCUT2D eigenvalue weighted by Crippen LogP contribution is 2.47. The Bertz CT molecular complexity index is 1180. The summed E-state index contributed by atoms with van der Waals surface area (Å²) in [7, 11) is 1.24. The van der Waals surface area contributed by atoms with E-state index in [4.69, 9.17) is 9.47 Å². The number of fused-ring (bicyclic) bond motifs is 3. The Morgan fingerprint density at radius 2 is 1.50 bits per heavy atom. The number of carboxylic acid groups (broad SMARTS) is 1. The molecule has 0 fully saturated rings. The van der Waals surface area contributed by atoms with Crippen LogP contribution in [0, 0.1) is 0 Å². The molecule has 3 aromatic rings. The van der Waals surface area contributed by atoms with Crippen LogP contribution in [0.25, 0.3) is 11.1 Å². The lowest BCUT2D eigenvalue weighted by atomic mass is 10.00. The van der Waals surface area contributed by atoms with Crippen LogP contribution >= 0.6 is 0 Å². The second-order valence-corrected chi connectivity index (χ2v) is 8.44. The van der Waals surface area contributed by atoms with Gasteiger partial charge in [-0.15, -0.1) is 0 Å². The summed E-state index contributed by atoms with van der Waals surface area (Å²) in [6.07, 6.45) is -0.881. The first kappa shape index (κ1) is 24.8. The molecule has 0 heterocycles. The smallest absolute Gasteiger partial charge is 0.411 e. The number of methoxy groups -OCH3 is 1. The van der Waals surface area contributed by atoms with Gasteiger partial charge in [0.1, 0.15) is 12.6 Å². The van der Waals surface area contributed by atoms with Crippen LogP contribution in [0.5, 0.6) is 0 Å². The van der Waals surface area contributed by atoms with E-state index in [1.165, 1.54) is 12.0 Å². The number of hydrogen-bond donors (Lipinski definition) is 2. The van der Waals surface area contributed by atoms with E-state index in [9.17, 15) is 19.5 Å².